The number of para-hydroxylation sites is 1. The van der Waals surface area contributed by atoms with Gasteiger partial charge >= 0.3 is 11.9 Å². The second-order valence-corrected chi connectivity index (χ2v) is 6.41. The SMILES string of the molecule is Cc1cccc(C)c1NC(=O)CN(C)Cc1cccc(C#N)c1.O=C(O)C(=O)O. The molecule has 8 heteroatoms. The van der Waals surface area contributed by atoms with Crippen molar-refractivity contribution in [3.63, 3.8) is 0 Å². The van der Waals surface area contributed by atoms with E-state index >= 15 is 0 Å². The highest BCUT2D eigenvalue weighted by atomic mass is 16.4. The van der Waals surface area contributed by atoms with E-state index in [0.717, 1.165) is 22.4 Å². The van der Waals surface area contributed by atoms with Crippen molar-refractivity contribution in [3.8, 4) is 6.07 Å². The Bertz CT molecular complexity index is 902. The summed E-state index contributed by atoms with van der Waals surface area (Å²) in [5.74, 6) is -3.69. The molecule has 0 saturated heterocycles. The van der Waals surface area contributed by atoms with Gasteiger partial charge in [0.2, 0.25) is 5.91 Å². The third kappa shape index (κ3) is 8.24. The van der Waals surface area contributed by atoms with Crippen molar-refractivity contribution in [1.82, 2.24) is 4.90 Å². The molecule has 0 saturated carbocycles. The monoisotopic (exact) mass is 397 g/mol. The highest BCUT2D eigenvalue weighted by Gasteiger charge is 2.10. The summed E-state index contributed by atoms with van der Waals surface area (Å²) < 4.78 is 0. The largest absolute Gasteiger partial charge is 0.473 e. The Morgan fingerprint density at radius 1 is 1.03 bits per heavy atom. The van der Waals surface area contributed by atoms with Gasteiger partial charge in [-0.2, -0.15) is 5.26 Å². The molecule has 0 aromatic heterocycles. The summed E-state index contributed by atoms with van der Waals surface area (Å²) in [6, 6.07) is 15.5. The van der Waals surface area contributed by atoms with Crippen LogP contribution in [0.25, 0.3) is 0 Å². The van der Waals surface area contributed by atoms with Crippen LogP contribution >= 0.6 is 0 Å². The van der Waals surface area contributed by atoms with Crippen LogP contribution in [0.1, 0.15) is 22.3 Å². The first kappa shape index (κ1) is 23.3. The molecule has 0 atom stereocenters. The Kier molecular flexibility index (Phi) is 9.02. The summed E-state index contributed by atoms with van der Waals surface area (Å²) in [4.78, 5) is 32.4. The third-order valence-corrected chi connectivity index (χ3v) is 3.85. The highest BCUT2D eigenvalue weighted by molar-refractivity contribution is 6.27. The average Bonchev–Trinajstić information content (AvgIpc) is 2.65. The van der Waals surface area contributed by atoms with E-state index in [2.05, 4.69) is 11.4 Å². The molecule has 3 N–H and O–H groups in total. The summed E-state index contributed by atoms with van der Waals surface area (Å²) in [5, 5.41) is 26.7. The van der Waals surface area contributed by atoms with Crippen LogP contribution in [0.4, 0.5) is 5.69 Å². The number of amides is 1. The van der Waals surface area contributed by atoms with E-state index in [1.807, 2.05) is 62.2 Å². The fourth-order valence-electron chi connectivity index (χ4n) is 2.54. The van der Waals surface area contributed by atoms with Crippen LogP contribution in [0.5, 0.6) is 0 Å². The molecule has 2 rings (SSSR count). The number of carbonyl (C=O) groups is 3. The number of likely N-dealkylation sites (N-methyl/N-ethyl adjacent to an activating group) is 1. The molecule has 0 radical (unpaired) electrons. The van der Waals surface area contributed by atoms with Crippen LogP contribution in [-0.4, -0.2) is 46.6 Å². The molecule has 0 fully saturated rings. The molecule has 2 aromatic carbocycles. The molecule has 2 aromatic rings. The van der Waals surface area contributed by atoms with Crippen molar-refractivity contribution in [2.45, 2.75) is 20.4 Å². The van der Waals surface area contributed by atoms with Crippen molar-refractivity contribution >= 4 is 23.5 Å². The maximum atomic E-state index is 12.2. The van der Waals surface area contributed by atoms with E-state index in [9.17, 15) is 4.79 Å². The minimum atomic E-state index is -1.82. The fraction of sp³-hybridized carbons (Fsp3) is 0.238. The average molecular weight is 397 g/mol. The number of nitrogens with one attached hydrogen (secondary N) is 1. The predicted octanol–water partition coefficient (Wildman–Crippen LogP) is 2.40. The lowest BCUT2D eigenvalue weighted by Crippen LogP contribution is -2.30. The number of carboxylic acids is 2. The zero-order chi connectivity index (χ0) is 22.0. The molecule has 1 amide bonds. The van der Waals surface area contributed by atoms with Crippen LogP contribution in [0.3, 0.4) is 0 Å². The molecule has 0 aliphatic carbocycles. The maximum absolute atomic E-state index is 12.2. The topological polar surface area (TPSA) is 131 Å². The second-order valence-electron chi connectivity index (χ2n) is 6.41. The van der Waals surface area contributed by atoms with Crippen LogP contribution in [0, 0.1) is 25.2 Å². The molecule has 0 bridgehead atoms. The number of aryl methyl sites for hydroxylation is 2. The fourth-order valence-corrected chi connectivity index (χ4v) is 2.54. The van der Waals surface area contributed by atoms with Crippen LogP contribution in [-0.2, 0) is 20.9 Å². The van der Waals surface area contributed by atoms with E-state index < -0.39 is 11.9 Å². The number of hydrogen-bond donors (Lipinski definition) is 3. The normalized spacial score (nSPS) is 9.76. The highest BCUT2D eigenvalue weighted by Crippen LogP contribution is 2.19. The number of hydrogen-bond acceptors (Lipinski definition) is 5. The van der Waals surface area contributed by atoms with E-state index in [-0.39, 0.29) is 5.91 Å². The van der Waals surface area contributed by atoms with Crippen molar-refractivity contribution in [3.05, 3.63) is 64.7 Å². The summed E-state index contributed by atoms with van der Waals surface area (Å²) in [7, 11) is 1.89. The Balaban J connectivity index is 0.000000612. The van der Waals surface area contributed by atoms with E-state index in [1.54, 1.807) is 6.07 Å². The van der Waals surface area contributed by atoms with Gasteiger partial charge in [-0.25, -0.2) is 9.59 Å². The molecule has 8 nitrogen and oxygen atoms in total. The predicted molar refractivity (Wildman–Crippen MR) is 107 cm³/mol. The summed E-state index contributed by atoms with van der Waals surface area (Å²) in [5.41, 5.74) is 4.66. The van der Waals surface area contributed by atoms with E-state index in [0.29, 0.717) is 18.7 Å². The summed E-state index contributed by atoms with van der Waals surface area (Å²) in [6.07, 6.45) is 0. The van der Waals surface area contributed by atoms with Gasteiger partial charge in [0, 0.05) is 12.2 Å². The molecule has 0 heterocycles. The number of benzene rings is 2. The van der Waals surface area contributed by atoms with Gasteiger partial charge in [0.1, 0.15) is 0 Å². The number of anilines is 1. The molecule has 152 valence electrons. The standard InChI is InChI=1S/C19H21N3O.C2H2O4/c1-14-6-4-7-15(2)19(14)21-18(23)13-22(3)12-17-9-5-8-16(10-17)11-20;3-1(4)2(5)6/h4-10H,12-13H2,1-3H3,(H,21,23);(H,3,4)(H,5,6). The maximum Gasteiger partial charge on any atom is 0.414 e. The van der Waals surface area contributed by atoms with Crippen LogP contribution < -0.4 is 5.32 Å². The Hall–Kier alpha value is -3.70. The molecular weight excluding hydrogens is 374 g/mol. The number of carboxylic acid groups (broad SMARTS) is 2. The molecule has 29 heavy (non-hydrogen) atoms. The Morgan fingerprint density at radius 3 is 2.10 bits per heavy atom. The van der Waals surface area contributed by atoms with Gasteiger partial charge in [-0.3, -0.25) is 9.69 Å². The van der Waals surface area contributed by atoms with Crippen molar-refractivity contribution in [2.24, 2.45) is 0 Å². The molecule has 0 unspecified atom stereocenters. The van der Waals surface area contributed by atoms with Gasteiger partial charge in [0.05, 0.1) is 18.2 Å². The number of rotatable bonds is 5. The quantitative estimate of drug-likeness (QED) is 0.660. The molecule has 0 aliphatic rings. The van der Waals surface area contributed by atoms with Gasteiger partial charge in [-0.1, -0.05) is 30.3 Å². The van der Waals surface area contributed by atoms with Crippen molar-refractivity contribution in [1.29, 1.82) is 5.26 Å². The zero-order valence-electron chi connectivity index (χ0n) is 16.5. The zero-order valence-corrected chi connectivity index (χ0v) is 16.5. The van der Waals surface area contributed by atoms with Gasteiger partial charge in [0.15, 0.2) is 0 Å². The van der Waals surface area contributed by atoms with Gasteiger partial charge < -0.3 is 15.5 Å². The molecule has 0 spiro atoms. The number of nitriles is 1. The van der Waals surface area contributed by atoms with Crippen molar-refractivity contribution < 1.29 is 24.6 Å². The van der Waals surface area contributed by atoms with Crippen LogP contribution in [0.15, 0.2) is 42.5 Å². The Morgan fingerprint density at radius 2 is 1.59 bits per heavy atom. The first-order valence-electron chi connectivity index (χ1n) is 8.64. The first-order valence-corrected chi connectivity index (χ1v) is 8.64. The smallest absolute Gasteiger partial charge is 0.414 e. The number of nitrogens with zero attached hydrogens (tertiary/aromatic N) is 2. The minimum Gasteiger partial charge on any atom is -0.473 e. The number of aliphatic carboxylic acids is 2. The van der Waals surface area contributed by atoms with Crippen molar-refractivity contribution in [2.75, 3.05) is 18.9 Å². The van der Waals surface area contributed by atoms with Gasteiger partial charge in [0.25, 0.3) is 0 Å². The number of carbonyl (C=O) groups excluding carboxylic acids is 1. The van der Waals surface area contributed by atoms with Crippen LogP contribution in [0.2, 0.25) is 0 Å². The van der Waals surface area contributed by atoms with Gasteiger partial charge in [-0.05, 0) is 49.7 Å². The lowest BCUT2D eigenvalue weighted by atomic mass is 10.1. The Labute approximate surface area is 169 Å². The lowest BCUT2D eigenvalue weighted by Gasteiger charge is -2.18. The lowest BCUT2D eigenvalue weighted by molar-refractivity contribution is -0.159. The second kappa shape index (κ2) is 11.2. The van der Waals surface area contributed by atoms with Gasteiger partial charge in [-0.15, -0.1) is 0 Å². The van der Waals surface area contributed by atoms with E-state index in [1.165, 1.54) is 0 Å². The summed E-state index contributed by atoms with van der Waals surface area (Å²) in [6.45, 7) is 4.89. The molecular formula is C21H23N3O5. The minimum absolute atomic E-state index is 0.0404. The van der Waals surface area contributed by atoms with E-state index in [4.69, 9.17) is 25.1 Å². The first-order chi connectivity index (χ1) is 13.6. The summed E-state index contributed by atoms with van der Waals surface area (Å²) >= 11 is 0. The third-order valence-electron chi connectivity index (χ3n) is 3.85. The molecule has 0 aliphatic heterocycles.